The van der Waals surface area contributed by atoms with Crippen LogP contribution < -0.4 is 4.72 Å². The molecule has 19 heavy (non-hydrogen) atoms. The molecule has 0 aliphatic rings. The van der Waals surface area contributed by atoms with E-state index in [1.165, 1.54) is 4.88 Å². The van der Waals surface area contributed by atoms with Gasteiger partial charge >= 0.3 is 0 Å². The van der Waals surface area contributed by atoms with E-state index in [4.69, 9.17) is 0 Å². The maximum Gasteiger partial charge on any atom is 0.240 e. The van der Waals surface area contributed by atoms with E-state index in [1.807, 2.05) is 37.4 Å². The highest BCUT2D eigenvalue weighted by atomic mass is 32.2. The monoisotopic (exact) mass is 295 g/mol. The molecule has 2 rings (SSSR count). The number of benzene rings is 1. The van der Waals surface area contributed by atoms with Crippen LogP contribution in [0.2, 0.25) is 0 Å². The van der Waals surface area contributed by atoms with Gasteiger partial charge in [0.05, 0.1) is 4.90 Å². The van der Waals surface area contributed by atoms with Crippen LogP contribution in [0.4, 0.5) is 0 Å². The molecule has 3 nitrogen and oxygen atoms in total. The van der Waals surface area contributed by atoms with Gasteiger partial charge in [0, 0.05) is 11.4 Å². The van der Waals surface area contributed by atoms with Gasteiger partial charge < -0.3 is 0 Å². The summed E-state index contributed by atoms with van der Waals surface area (Å²) in [6, 6.07) is 9.18. The first-order chi connectivity index (χ1) is 8.99. The van der Waals surface area contributed by atoms with Gasteiger partial charge in [-0.25, -0.2) is 13.1 Å². The van der Waals surface area contributed by atoms with Gasteiger partial charge in [0.15, 0.2) is 0 Å². The fourth-order valence-electron chi connectivity index (χ4n) is 1.73. The topological polar surface area (TPSA) is 46.2 Å². The Kier molecular flexibility index (Phi) is 4.39. The van der Waals surface area contributed by atoms with Gasteiger partial charge in [-0.15, -0.1) is 11.3 Å². The maximum atomic E-state index is 12.1. The van der Waals surface area contributed by atoms with Crippen molar-refractivity contribution >= 4 is 21.4 Å². The Morgan fingerprint density at radius 3 is 2.58 bits per heavy atom. The van der Waals surface area contributed by atoms with Crippen molar-refractivity contribution in [2.75, 3.05) is 6.54 Å². The zero-order valence-electron chi connectivity index (χ0n) is 11.0. The summed E-state index contributed by atoms with van der Waals surface area (Å²) < 4.78 is 26.9. The van der Waals surface area contributed by atoms with Crippen molar-refractivity contribution in [3.05, 3.63) is 51.7 Å². The first-order valence-electron chi connectivity index (χ1n) is 6.08. The number of hydrogen-bond donors (Lipinski definition) is 1. The van der Waals surface area contributed by atoms with Gasteiger partial charge in [-0.1, -0.05) is 12.1 Å². The predicted octanol–water partition coefficient (Wildman–Crippen LogP) is 2.89. The van der Waals surface area contributed by atoms with Gasteiger partial charge in [0.2, 0.25) is 10.0 Å². The van der Waals surface area contributed by atoms with E-state index in [0.29, 0.717) is 11.4 Å². The molecule has 5 heteroatoms. The number of nitrogens with one attached hydrogen (secondary N) is 1. The van der Waals surface area contributed by atoms with Crippen LogP contribution in [0.25, 0.3) is 0 Å². The minimum Gasteiger partial charge on any atom is -0.211 e. The van der Waals surface area contributed by atoms with Crippen molar-refractivity contribution in [3.8, 4) is 0 Å². The zero-order chi connectivity index (χ0) is 13.9. The summed E-state index contributed by atoms with van der Waals surface area (Å²) in [5, 5.41) is 1.99. The van der Waals surface area contributed by atoms with Crippen LogP contribution in [0.15, 0.2) is 40.6 Å². The molecule has 0 unspecified atom stereocenters. The van der Waals surface area contributed by atoms with Crippen molar-refractivity contribution in [1.29, 1.82) is 0 Å². The van der Waals surface area contributed by atoms with Crippen molar-refractivity contribution < 1.29 is 8.42 Å². The Morgan fingerprint density at radius 1 is 1.16 bits per heavy atom. The summed E-state index contributed by atoms with van der Waals surface area (Å²) >= 11 is 1.64. The molecule has 1 aromatic heterocycles. The second-order valence-electron chi connectivity index (χ2n) is 4.47. The Labute approximate surface area is 118 Å². The lowest BCUT2D eigenvalue weighted by atomic mass is 10.1. The lowest BCUT2D eigenvalue weighted by molar-refractivity contribution is 0.581. The standard InChI is InChI=1S/C14H17NO2S2/c1-11-5-6-14(10-12(11)2)19(16,17)15-8-7-13-4-3-9-18-13/h3-6,9-10,15H,7-8H2,1-2H3. The summed E-state index contributed by atoms with van der Waals surface area (Å²) in [7, 11) is -3.40. The second-order valence-corrected chi connectivity index (χ2v) is 7.27. The molecule has 1 heterocycles. The van der Waals surface area contributed by atoms with Gasteiger partial charge in [0.1, 0.15) is 0 Å². The van der Waals surface area contributed by atoms with E-state index in [9.17, 15) is 8.42 Å². The summed E-state index contributed by atoms with van der Waals surface area (Å²) in [5.74, 6) is 0. The normalized spacial score (nSPS) is 11.7. The molecule has 0 saturated carbocycles. The highest BCUT2D eigenvalue weighted by Gasteiger charge is 2.13. The fraction of sp³-hybridized carbons (Fsp3) is 0.286. The molecular weight excluding hydrogens is 278 g/mol. The smallest absolute Gasteiger partial charge is 0.211 e. The Balaban J connectivity index is 2.03. The van der Waals surface area contributed by atoms with E-state index >= 15 is 0 Å². The average Bonchev–Trinajstić information content (AvgIpc) is 2.85. The number of rotatable bonds is 5. The van der Waals surface area contributed by atoms with Crippen LogP contribution in [-0.2, 0) is 16.4 Å². The summed E-state index contributed by atoms with van der Waals surface area (Å²) in [4.78, 5) is 1.52. The molecule has 0 amide bonds. The van der Waals surface area contributed by atoms with Crippen LogP contribution in [0.1, 0.15) is 16.0 Å². The molecule has 102 valence electrons. The first-order valence-corrected chi connectivity index (χ1v) is 8.44. The van der Waals surface area contributed by atoms with E-state index in [-0.39, 0.29) is 0 Å². The van der Waals surface area contributed by atoms with Crippen LogP contribution in [0.5, 0.6) is 0 Å². The van der Waals surface area contributed by atoms with E-state index in [0.717, 1.165) is 17.5 Å². The lowest BCUT2D eigenvalue weighted by Gasteiger charge is -2.08. The third kappa shape index (κ3) is 3.65. The molecule has 0 spiro atoms. The minimum absolute atomic E-state index is 0.335. The van der Waals surface area contributed by atoms with Gasteiger partial charge in [-0.05, 0) is 55.0 Å². The van der Waals surface area contributed by atoms with E-state index in [2.05, 4.69) is 4.72 Å². The highest BCUT2D eigenvalue weighted by Crippen LogP contribution is 2.15. The largest absolute Gasteiger partial charge is 0.240 e. The van der Waals surface area contributed by atoms with Crippen molar-refractivity contribution in [2.24, 2.45) is 0 Å². The molecule has 2 aromatic rings. The van der Waals surface area contributed by atoms with Gasteiger partial charge in [-0.2, -0.15) is 0 Å². The number of sulfonamides is 1. The molecule has 0 aliphatic carbocycles. The van der Waals surface area contributed by atoms with E-state index < -0.39 is 10.0 Å². The fourth-order valence-corrected chi connectivity index (χ4v) is 3.55. The molecule has 0 bridgehead atoms. The lowest BCUT2D eigenvalue weighted by Crippen LogP contribution is -2.25. The molecule has 0 atom stereocenters. The first kappa shape index (κ1) is 14.2. The second kappa shape index (κ2) is 5.86. The van der Waals surface area contributed by atoms with Gasteiger partial charge in [-0.3, -0.25) is 0 Å². The minimum atomic E-state index is -3.40. The Hall–Kier alpha value is -1.17. The molecule has 1 N–H and O–H groups in total. The Morgan fingerprint density at radius 2 is 1.95 bits per heavy atom. The molecule has 0 fully saturated rings. The number of hydrogen-bond acceptors (Lipinski definition) is 3. The van der Waals surface area contributed by atoms with Crippen molar-refractivity contribution in [1.82, 2.24) is 4.72 Å². The molecule has 0 saturated heterocycles. The molecule has 0 aliphatic heterocycles. The predicted molar refractivity (Wildman–Crippen MR) is 79.1 cm³/mol. The SMILES string of the molecule is Cc1ccc(S(=O)(=O)NCCc2cccs2)cc1C. The van der Waals surface area contributed by atoms with Gasteiger partial charge in [0.25, 0.3) is 0 Å². The quantitative estimate of drug-likeness (QED) is 0.922. The van der Waals surface area contributed by atoms with E-state index in [1.54, 1.807) is 23.5 Å². The summed E-state index contributed by atoms with van der Waals surface area (Å²) in [5.41, 5.74) is 2.08. The summed E-state index contributed by atoms with van der Waals surface area (Å²) in [6.45, 7) is 4.31. The third-order valence-corrected chi connectivity index (χ3v) is 5.43. The highest BCUT2D eigenvalue weighted by molar-refractivity contribution is 7.89. The van der Waals surface area contributed by atoms with Crippen molar-refractivity contribution in [3.63, 3.8) is 0 Å². The number of thiophene rings is 1. The van der Waals surface area contributed by atoms with Crippen molar-refractivity contribution in [2.45, 2.75) is 25.2 Å². The Bertz CT molecular complexity index is 646. The average molecular weight is 295 g/mol. The molecule has 1 aromatic carbocycles. The summed E-state index contributed by atoms with van der Waals surface area (Å²) in [6.07, 6.45) is 0.724. The zero-order valence-corrected chi connectivity index (χ0v) is 12.6. The number of aryl methyl sites for hydroxylation is 2. The maximum absolute atomic E-state index is 12.1. The van der Waals surface area contributed by atoms with Crippen LogP contribution >= 0.6 is 11.3 Å². The third-order valence-electron chi connectivity index (χ3n) is 3.03. The molecule has 0 radical (unpaired) electrons. The van der Waals surface area contributed by atoms with Crippen LogP contribution in [0.3, 0.4) is 0 Å². The molecular formula is C14H17NO2S2. The van der Waals surface area contributed by atoms with Crippen LogP contribution in [0, 0.1) is 13.8 Å². The van der Waals surface area contributed by atoms with Crippen LogP contribution in [-0.4, -0.2) is 15.0 Å².